The highest BCUT2D eigenvalue weighted by molar-refractivity contribution is 6.43. The molecule has 0 spiro atoms. The van der Waals surface area contributed by atoms with Crippen LogP contribution in [0.3, 0.4) is 0 Å². The van der Waals surface area contributed by atoms with Crippen LogP contribution in [0.25, 0.3) is 5.57 Å². The number of hydrogen-bond donors (Lipinski definition) is 0. The van der Waals surface area contributed by atoms with Gasteiger partial charge in [-0.3, -0.25) is 4.99 Å². The average Bonchev–Trinajstić information content (AvgIpc) is 2.22. The van der Waals surface area contributed by atoms with Crippen LogP contribution in [0.1, 0.15) is 5.56 Å². The van der Waals surface area contributed by atoms with Crippen molar-refractivity contribution >= 4 is 35.0 Å². The summed E-state index contributed by atoms with van der Waals surface area (Å²) in [6.07, 6.45) is 3.82. The molecule has 0 atom stereocenters. The van der Waals surface area contributed by atoms with Crippen LogP contribution in [0.4, 0.5) is 0 Å². The van der Waals surface area contributed by atoms with Gasteiger partial charge in [-0.15, -0.1) is 0 Å². The summed E-state index contributed by atoms with van der Waals surface area (Å²) in [5.74, 6) is 0. The second kappa shape index (κ2) is 4.25. The molecule has 78 valence electrons. The maximum absolute atomic E-state index is 6.12. The van der Waals surface area contributed by atoms with Crippen molar-refractivity contribution in [2.24, 2.45) is 4.99 Å². The lowest BCUT2D eigenvalue weighted by Crippen LogP contribution is -2.15. The molecule has 1 aromatic carbocycles. The molecule has 0 bridgehead atoms. The van der Waals surface area contributed by atoms with E-state index in [0.717, 1.165) is 11.1 Å². The van der Waals surface area contributed by atoms with Gasteiger partial charge in [-0.25, -0.2) is 0 Å². The normalized spacial score (nSPS) is 15.4. The highest BCUT2D eigenvalue weighted by Gasteiger charge is 2.10. The molecule has 1 aliphatic heterocycles. The molecule has 0 fully saturated rings. The topological polar surface area (TPSA) is 15.6 Å². The second-order valence-corrected chi connectivity index (χ2v) is 4.18. The Balaban J connectivity index is 2.46. The molecule has 0 saturated heterocycles. The molecule has 1 aliphatic rings. The Kier molecular flexibility index (Phi) is 2.98. The van der Waals surface area contributed by atoms with Crippen LogP contribution < -0.4 is 0 Å². The van der Waals surface area contributed by atoms with Crippen LogP contribution in [0.15, 0.2) is 29.4 Å². The van der Waals surface area contributed by atoms with E-state index in [2.05, 4.69) is 4.99 Å². The third-order valence-electron chi connectivity index (χ3n) is 2.16. The van der Waals surface area contributed by atoms with Crippen LogP contribution >= 0.6 is 23.2 Å². The van der Waals surface area contributed by atoms with Crippen LogP contribution in [0, 0.1) is 0 Å². The van der Waals surface area contributed by atoms with Gasteiger partial charge in [0.05, 0.1) is 10.0 Å². The first-order valence-electron chi connectivity index (χ1n) is 4.55. The minimum absolute atomic E-state index is 0.566. The summed E-state index contributed by atoms with van der Waals surface area (Å²) in [7, 11) is 1.97. The van der Waals surface area contributed by atoms with E-state index in [1.54, 1.807) is 6.07 Å². The van der Waals surface area contributed by atoms with Gasteiger partial charge >= 0.3 is 0 Å². The zero-order valence-corrected chi connectivity index (χ0v) is 9.76. The van der Waals surface area contributed by atoms with E-state index in [4.69, 9.17) is 23.2 Å². The highest BCUT2D eigenvalue weighted by Crippen LogP contribution is 2.30. The minimum atomic E-state index is 0.566. The van der Waals surface area contributed by atoms with Gasteiger partial charge in [-0.2, -0.15) is 0 Å². The lowest BCUT2D eigenvalue weighted by molar-refractivity contribution is 0.472. The molecule has 0 aliphatic carbocycles. The Labute approximate surface area is 98.8 Å². The largest absolute Gasteiger partial charge is 0.361 e. The smallest absolute Gasteiger partial charge is 0.109 e. The summed E-state index contributed by atoms with van der Waals surface area (Å²) in [6.45, 7) is 0.682. The Morgan fingerprint density at radius 1 is 1.33 bits per heavy atom. The zero-order chi connectivity index (χ0) is 10.8. The fraction of sp³-hybridized carbons (Fsp3) is 0.182. The van der Waals surface area contributed by atoms with Crippen molar-refractivity contribution in [2.75, 3.05) is 13.7 Å². The van der Waals surface area contributed by atoms with Gasteiger partial charge in [0.25, 0.3) is 0 Å². The summed E-state index contributed by atoms with van der Waals surface area (Å²) < 4.78 is 0. The first-order valence-corrected chi connectivity index (χ1v) is 5.30. The molecule has 0 N–H and O–H groups in total. The fourth-order valence-electron chi connectivity index (χ4n) is 1.45. The monoisotopic (exact) mass is 240 g/mol. The van der Waals surface area contributed by atoms with Crippen molar-refractivity contribution in [1.29, 1.82) is 0 Å². The standard InChI is InChI=1S/C11H10Cl2N2/c1-15-6-8(5-14-7-15)9-3-2-4-10(12)11(9)13/h2-6H,7H2,1H3. The van der Waals surface area contributed by atoms with Gasteiger partial charge in [0, 0.05) is 30.6 Å². The molecule has 1 heterocycles. The van der Waals surface area contributed by atoms with E-state index >= 15 is 0 Å². The molecular formula is C11H10Cl2N2. The molecule has 2 nitrogen and oxygen atoms in total. The summed E-state index contributed by atoms with van der Waals surface area (Å²) in [6, 6.07) is 5.59. The molecule has 0 radical (unpaired) electrons. The predicted molar refractivity (Wildman–Crippen MR) is 65.6 cm³/mol. The Bertz CT molecular complexity index is 438. The molecule has 1 aromatic rings. The van der Waals surface area contributed by atoms with Crippen molar-refractivity contribution < 1.29 is 0 Å². The van der Waals surface area contributed by atoms with E-state index in [-0.39, 0.29) is 0 Å². The molecule has 2 rings (SSSR count). The lowest BCUT2D eigenvalue weighted by atomic mass is 10.1. The summed E-state index contributed by atoms with van der Waals surface area (Å²) in [4.78, 5) is 6.21. The van der Waals surface area contributed by atoms with Crippen molar-refractivity contribution in [3.8, 4) is 0 Å². The van der Waals surface area contributed by atoms with Gasteiger partial charge in [0.1, 0.15) is 6.67 Å². The third-order valence-corrected chi connectivity index (χ3v) is 2.98. The Morgan fingerprint density at radius 3 is 2.87 bits per heavy atom. The van der Waals surface area contributed by atoms with E-state index in [1.807, 2.05) is 36.5 Å². The van der Waals surface area contributed by atoms with E-state index < -0.39 is 0 Å². The van der Waals surface area contributed by atoms with Crippen molar-refractivity contribution in [3.05, 3.63) is 40.0 Å². The molecule has 4 heteroatoms. The van der Waals surface area contributed by atoms with Crippen molar-refractivity contribution in [2.45, 2.75) is 0 Å². The first kappa shape index (κ1) is 10.5. The number of allylic oxidation sites excluding steroid dienone is 1. The summed E-state index contributed by atoms with van der Waals surface area (Å²) in [5, 5.41) is 1.14. The third kappa shape index (κ3) is 2.16. The summed E-state index contributed by atoms with van der Waals surface area (Å²) >= 11 is 12.1. The molecule has 15 heavy (non-hydrogen) atoms. The Hall–Kier alpha value is -0.990. The van der Waals surface area contributed by atoms with Crippen LogP contribution in [-0.4, -0.2) is 24.8 Å². The number of benzene rings is 1. The number of hydrogen-bond acceptors (Lipinski definition) is 2. The maximum atomic E-state index is 6.12. The number of aliphatic imine (C=N–C) groups is 1. The summed E-state index contributed by atoms with van der Waals surface area (Å²) in [5.41, 5.74) is 1.90. The molecule has 0 saturated carbocycles. The Morgan fingerprint density at radius 2 is 2.13 bits per heavy atom. The van der Waals surface area contributed by atoms with Gasteiger partial charge in [-0.1, -0.05) is 35.3 Å². The van der Waals surface area contributed by atoms with Crippen LogP contribution in [-0.2, 0) is 0 Å². The van der Waals surface area contributed by atoms with Crippen LogP contribution in [0.5, 0.6) is 0 Å². The van der Waals surface area contributed by atoms with Gasteiger partial charge < -0.3 is 4.90 Å². The van der Waals surface area contributed by atoms with E-state index in [1.165, 1.54) is 0 Å². The second-order valence-electron chi connectivity index (χ2n) is 3.40. The first-order chi connectivity index (χ1) is 7.18. The number of rotatable bonds is 1. The number of nitrogens with zero attached hydrogens (tertiary/aromatic N) is 2. The SMILES string of the molecule is CN1C=C(c2cccc(Cl)c2Cl)C=NC1. The predicted octanol–water partition coefficient (Wildman–Crippen LogP) is 3.31. The highest BCUT2D eigenvalue weighted by atomic mass is 35.5. The minimum Gasteiger partial charge on any atom is -0.361 e. The average molecular weight is 241 g/mol. The lowest BCUT2D eigenvalue weighted by Gasteiger charge is -2.18. The maximum Gasteiger partial charge on any atom is 0.109 e. The van der Waals surface area contributed by atoms with Gasteiger partial charge in [-0.05, 0) is 6.07 Å². The molecule has 0 amide bonds. The van der Waals surface area contributed by atoms with E-state index in [9.17, 15) is 0 Å². The van der Waals surface area contributed by atoms with Gasteiger partial charge in [0.15, 0.2) is 0 Å². The van der Waals surface area contributed by atoms with Crippen LogP contribution in [0.2, 0.25) is 10.0 Å². The van der Waals surface area contributed by atoms with Crippen molar-refractivity contribution in [3.63, 3.8) is 0 Å². The zero-order valence-electron chi connectivity index (χ0n) is 8.24. The fourth-order valence-corrected chi connectivity index (χ4v) is 1.86. The van der Waals surface area contributed by atoms with Gasteiger partial charge in [0.2, 0.25) is 0 Å². The molecular weight excluding hydrogens is 231 g/mol. The quantitative estimate of drug-likeness (QED) is 0.736. The van der Waals surface area contributed by atoms with E-state index in [0.29, 0.717) is 16.7 Å². The van der Waals surface area contributed by atoms with Crippen molar-refractivity contribution in [1.82, 2.24) is 4.90 Å². The number of halogens is 2. The molecule has 0 aromatic heterocycles. The molecule has 0 unspecified atom stereocenters.